The first-order chi connectivity index (χ1) is 10.7. The van der Waals surface area contributed by atoms with Crippen LogP contribution >= 0.6 is 0 Å². The number of benzene rings is 1. The highest BCUT2D eigenvalue weighted by molar-refractivity contribution is 5.89. The minimum atomic E-state index is -0.767. The van der Waals surface area contributed by atoms with Gasteiger partial charge in [0.05, 0.1) is 20.3 Å². The molecular formula is C16H19NO5. The van der Waals surface area contributed by atoms with Crippen molar-refractivity contribution in [2.45, 2.75) is 19.4 Å². The highest BCUT2D eigenvalue weighted by atomic mass is 16.6. The average Bonchev–Trinajstić information content (AvgIpc) is 2.58. The molecule has 2 amide bonds. The molecular weight excluding hydrogens is 286 g/mol. The van der Waals surface area contributed by atoms with Gasteiger partial charge < -0.3 is 14.2 Å². The number of rotatable bonds is 3. The van der Waals surface area contributed by atoms with Crippen LogP contribution in [0.1, 0.15) is 18.4 Å². The third-order valence-electron chi connectivity index (χ3n) is 3.22. The highest BCUT2D eigenvalue weighted by Crippen LogP contribution is 2.15. The molecule has 0 aliphatic carbocycles. The Morgan fingerprint density at radius 2 is 1.86 bits per heavy atom. The predicted octanol–water partition coefficient (Wildman–Crippen LogP) is 3.09. The van der Waals surface area contributed by atoms with Gasteiger partial charge in [0.15, 0.2) is 0 Å². The molecule has 118 valence electrons. The van der Waals surface area contributed by atoms with Crippen LogP contribution in [-0.2, 0) is 20.8 Å². The minimum Gasteiger partial charge on any atom is -0.452 e. The molecule has 0 atom stereocenters. The van der Waals surface area contributed by atoms with Gasteiger partial charge in [0, 0.05) is 6.20 Å². The van der Waals surface area contributed by atoms with E-state index in [2.05, 4.69) is 4.74 Å². The first-order valence-electron chi connectivity index (χ1n) is 7.06. The zero-order valence-electron chi connectivity index (χ0n) is 12.5. The van der Waals surface area contributed by atoms with Crippen LogP contribution in [0.25, 0.3) is 0 Å². The van der Waals surface area contributed by atoms with Crippen LogP contribution in [-0.4, -0.2) is 37.4 Å². The maximum atomic E-state index is 12.1. The summed E-state index contributed by atoms with van der Waals surface area (Å²) in [7, 11) is 1.22. The summed E-state index contributed by atoms with van der Waals surface area (Å²) in [6, 6.07) is 9.26. The monoisotopic (exact) mass is 305 g/mol. The Hall–Kier alpha value is -2.34. The summed E-state index contributed by atoms with van der Waals surface area (Å²) in [5.74, 6) is 0. The van der Waals surface area contributed by atoms with Crippen molar-refractivity contribution in [1.82, 2.24) is 4.90 Å². The standard InChI is InChI=1S/C16H19NO5/c1-20-15(18)17(11-13-7-9-21-10-8-13)16(19)22-12-14-5-3-2-4-6-14/h2-6,11H,7-10,12H2,1H3. The van der Waals surface area contributed by atoms with Gasteiger partial charge in [0.1, 0.15) is 6.61 Å². The highest BCUT2D eigenvalue weighted by Gasteiger charge is 2.23. The van der Waals surface area contributed by atoms with Gasteiger partial charge in [-0.1, -0.05) is 30.3 Å². The molecule has 1 fully saturated rings. The molecule has 1 aromatic carbocycles. The van der Waals surface area contributed by atoms with Crippen molar-refractivity contribution in [3.05, 3.63) is 47.7 Å². The number of carbonyl (C=O) groups excluding carboxylic acids is 2. The van der Waals surface area contributed by atoms with Crippen LogP contribution in [0.4, 0.5) is 9.59 Å². The first kappa shape index (κ1) is 16.0. The Morgan fingerprint density at radius 1 is 1.18 bits per heavy atom. The Labute approximate surface area is 129 Å². The van der Waals surface area contributed by atoms with E-state index >= 15 is 0 Å². The average molecular weight is 305 g/mol. The Kier molecular flexibility index (Phi) is 5.97. The largest absolute Gasteiger partial charge is 0.452 e. The zero-order chi connectivity index (χ0) is 15.8. The molecule has 0 radical (unpaired) electrons. The van der Waals surface area contributed by atoms with Crippen LogP contribution in [0, 0.1) is 0 Å². The number of ether oxygens (including phenoxy) is 3. The van der Waals surface area contributed by atoms with Crippen molar-refractivity contribution >= 4 is 12.2 Å². The number of methoxy groups -OCH3 is 1. The zero-order valence-corrected chi connectivity index (χ0v) is 12.5. The van der Waals surface area contributed by atoms with Crippen molar-refractivity contribution in [2.24, 2.45) is 0 Å². The molecule has 6 nitrogen and oxygen atoms in total. The number of imide groups is 1. The number of amides is 2. The minimum absolute atomic E-state index is 0.0967. The number of carbonyl (C=O) groups is 2. The SMILES string of the molecule is COC(=O)N(C=C1CCOCC1)C(=O)OCc1ccccc1. The van der Waals surface area contributed by atoms with Gasteiger partial charge in [0.2, 0.25) is 0 Å². The lowest BCUT2D eigenvalue weighted by molar-refractivity contribution is 0.0932. The maximum Gasteiger partial charge on any atom is 0.423 e. The molecule has 1 aliphatic heterocycles. The van der Waals surface area contributed by atoms with E-state index in [0.717, 1.165) is 16.0 Å². The summed E-state index contributed by atoms with van der Waals surface area (Å²) in [6.45, 7) is 1.26. The van der Waals surface area contributed by atoms with Gasteiger partial charge in [-0.05, 0) is 24.0 Å². The molecule has 0 aromatic heterocycles. The van der Waals surface area contributed by atoms with Gasteiger partial charge in [-0.15, -0.1) is 0 Å². The van der Waals surface area contributed by atoms with Crippen molar-refractivity contribution in [2.75, 3.05) is 20.3 Å². The third-order valence-corrected chi connectivity index (χ3v) is 3.22. The fourth-order valence-electron chi connectivity index (χ4n) is 2.01. The molecule has 0 unspecified atom stereocenters. The van der Waals surface area contributed by atoms with Gasteiger partial charge in [-0.3, -0.25) is 0 Å². The summed E-state index contributed by atoms with van der Waals surface area (Å²) in [6.07, 6.45) is 1.33. The fourth-order valence-corrected chi connectivity index (χ4v) is 2.01. The summed E-state index contributed by atoms with van der Waals surface area (Å²) in [5.41, 5.74) is 1.80. The molecule has 1 saturated heterocycles. The fraction of sp³-hybridized carbons (Fsp3) is 0.375. The van der Waals surface area contributed by atoms with Gasteiger partial charge in [-0.2, -0.15) is 4.90 Å². The summed E-state index contributed by atoms with van der Waals surface area (Å²) in [5, 5.41) is 0. The van der Waals surface area contributed by atoms with E-state index in [1.807, 2.05) is 30.3 Å². The predicted molar refractivity (Wildman–Crippen MR) is 79.0 cm³/mol. The molecule has 0 saturated carbocycles. The van der Waals surface area contributed by atoms with E-state index in [0.29, 0.717) is 26.1 Å². The molecule has 0 N–H and O–H groups in total. The number of hydrogen-bond donors (Lipinski definition) is 0. The van der Waals surface area contributed by atoms with Crippen LogP contribution in [0.15, 0.2) is 42.1 Å². The van der Waals surface area contributed by atoms with E-state index in [-0.39, 0.29) is 6.61 Å². The Bertz CT molecular complexity index is 533. The molecule has 2 rings (SSSR count). The number of hydrogen-bond acceptors (Lipinski definition) is 5. The van der Waals surface area contributed by atoms with Crippen molar-refractivity contribution in [1.29, 1.82) is 0 Å². The van der Waals surface area contributed by atoms with Crippen LogP contribution in [0.2, 0.25) is 0 Å². The lowest BCUT2D eigenvalue weighted by atomic mass is 10.1. The van der Waals surface area contributed by atoms with Gasteiger partial charge >= 0.3 is 12.2 Å². The maximum absolute atomic E-state index is 12.1. The van der Waals surface area contributed by atoms with Crippen molar-refractivity contribution in [3.8, 4) is 0 Å². The molecule has 0 bridgehead atoms. The molecule has 1 heterocycles. The Balaban J connectivity index is 2.01. The first-order valence-corrected chi connectivity index (χ1v) is 7.06. The topological polar surface area (TPSA) is 65.1 Å². The smallest absolute Gasteiger partial charge is 0.423 e. The van der Waals surface area contributed by atoms with Crippen molar-refractivity contribution < 1.29 is 23.8 Å². The quantitative estimate of drug-likeness (QED) is 0.858. The van der Waals surface area contributed by atoms with E-state index < -0.39 is 12.2 Å². The third kappa shape index (κ3) is 4.60. The van der Waals surface area contributed by atoms with E-state index in [1.54, 1.807) is 0 Å². The lowest BCUT2D eigenvalue weighted by Crippen LogP contribution is -2.33. The summed E-state index contributed by atoms with van der Waals surface area (Å²) >= 11 is 0. The van der Waals surface area contributed by atoms with Crippen molar-refractivity contribution in [3.63, 3.8) is 0 Å². The Morgan fingerprint density at radius 3 is 2.50 bits per heavy atom. The van der Waals surface area contributed by atoms with E-state index in [9.17, 15) is 9.59 Å². The van der Waals surface area contributed by atoms with Gasteiger partial charge in [-0.25, -0.2) is 9.59 Å². The molecule has 6 heteroatoms. The van der Waals surface area contributed by atoms with E-state index in [4.69, 9.17) is 9.47 Å². The summed E-state index contributed by atoms with van der Waals surface area (Å²) in [4.78, 5) is 24.7. The summed E-state index contributed by atoms with van der Waals surface area (Å²) < 4.78 is 15.0. The molecule has 0 spiro atoms. The second-order valence-corrected chi connectivity index (χ2v) is 4.78. The van der Waals surface area contributed by atoms with Crippen LogP contribution in [0.5, 0.6) is 0 Å². The second kappa shape index (κ2) is 8.19. The lowest BCUT2D eigenvalue weighted by Gasteiger charge is -2.19. The normalized spacial score (nSPS) is 14.1. The van der Waals surface area contributed by atoms with Crippen LogP contribution < -0.4 is 0 Å². The molecule has 1 aromatic rings. The molecule has 1 aliphatic rings. The van der Waals surface area contributed by atoms with E-state index in [1.165, 1.54) is 13.3 Å². The number of nitrogens with zero attached hydrogens (tertiary/aromatic N) is 1. The second-order valence-electron chi connectivity index (χ2n) is 4.78. The van der Waals surface area contributed by atoms with Gasteiger partial charge in [0.25, 0.3) is 0 Å². The molecule has 22 heavy (non-hydrogen) atoms. The van der Waals surface area contributed by atoms with Crippen LogP contribution in [0.3, 0.4) is 0 Å².